The third kappa shape index (κ3) is 6.73. The summed E-state index contributed by atoms with van der Waals surface area (Å²) in [6.45, 7) is 8.19. The highest BCUT2D eigenvalue weighted by atomic mass is 32.2. The predicted octanol–water partition coefficient (Wildman–Crippen LogP) is 0.0939. The number of ether oxygens (including phenoxy) is 1. The number of morpholine rings is 1. The number of nitrogens with zero attached hydrogens (tertiary/aromatic N) is 1. The Labute approximate surface area is 127 Å². The van der Waals surface area contributed by atoms with Crippen LogP contribution < -0.4 is 9.44 Å². The largest absolute Gasteiger partial charge is 0.378 e. The van der Waals surface area contributed by atoms with Gasteiger partial charge in [-0.25, -0.2) is 4.72 Å². The molecule has 0 spiro atoms. The Balaban J connectivity index is 2.72. The lowest BCUT2D eigenvalue weighted by Crippen LogP contribution is -2.54. The van der Waals surface area contributed by atoms with Gasteiger partial charge in [-0.3, -0.25) is 4.79 Å². The summed E-state index contributed by atoms with van der Waals surface area (Å²) in [6.07, 6.45) is 1.18. The van der Waals surface area contributed by atoms with Gasteiger partial charge in [0.15, 0.2) is 0 Å². The highest BCUT2D eigenvalue weighted by molar-refractivity contribution is 7.87. The zero-order valence-corrected chi connectivity index (χ0v) is 13.9. The van der Waals surface area contributed by atoms with Gasteiger partial charge in [0.25, 0.3) is 10.2 Å². The quantitative estimate of drug-likeness (QED) is 0.663. The minimum atomic E-state index is -3.65. The van der Waals surface area contributed by atoms with Crippen molar-refractivity contribution >= 4 is 16.1 Å². The molecule has 8 heteroatoms. The van der Waals surface area contributed by atoms with Crippen LogP contribution in [-0.2, 0) is 19.7 Å². The average Bonchev–Trinajstić information content (AvgIpc) is 2.44. The lowest BCUT2D eigenvalue weighted by atomic mass is 10.0. The fourth-order valence-corrected chi connectivity index (χ4v) is 3.27. The van der Waals surface area contributed by atoms with E-state index in [1.54, 1.807) is 4.90 Å². The first-order valence-corrected chi connectivity index (χ1v) is 8.97. The van der Waals surface area contributed by atoms with E-state index in [0.717, 1.165) is 0 Å². The topological polar surface area (TPSA) is 87.7 Å². The molecule has 1 rings (SSSR count). The number of carbonyl (C=O) groups is 1. The Morgan fingerprint density at radius 3 is 2.43 bits per heavy atom. The van der Waals surface area contributed by atoms with Crippen LogP contribution in [0.1, 0.15) is 33.6 Å². The summed E-state index contributed by atoms with van der Waals surface area (Å²) in [5.74, 6) is 0.0442. The molecule has 1 heterocycles. The molecule has 124 valence electrons. The Morgan fingerprint density at radius 1 is 1.29 bits per heavy atom. The summed E-state index contributed by atoms with van der Waals surface area (Å²) in [4.78, 5) is 14.2. The van der Waals surface area contributed by atoms with E-state index in [-0.39, 0.29) is 11.8 Å². The maximum Gasteiger partial charge on any atom is 0.277 e. The second-order valence-electron chi connectivity index (χ2n) is 5.64. The molecule has 0 aromatic heterocycles. The highest BCUT2D eigenvalue weighted by Gasteiger charge is 2.29. The first-order valence-electron chi connectivity index (χ1n) is 7.49. The van der Waals surface area contributed by atoms with Crippen molar-refractivity contribution in [1.82, 2.24) is 14.3 Å². The molecule has 1 fully saturated rings. The molecule has 21 heavy (non-hydrogen) atoms. The molecule has 1 atom stereocenters. The van der Waals surface area contributed by atoms with Crippen molar-refractivity contribution in [3.63, 3.8) is 0 Å². The number of amides is 1. The van der Waals surface area contributed by atoms with Crippen LogP contribution in [0.3, 0.4) is 0 Å². The Bertz CT molecular complexity index is 419. The van der Waals surface area contributed by atoms with E-state index in [2.05, 4.69) is 9.44 Å². The van der Waals surface area contributed by atoms with Gasteiger partial charge in [-0.15, -0.1) is 0 Å². The summed E-state index contributed by atoms with van der Waals surface area (Å²) in [7, 11) is -3.65. The van der Waals surface area contributed by atoms with Gasteiger partial charge < -0.3 is 9.64 Å². The molecule has 0 radical (unpaired) electrons. The molecule has 0 aliphatic carbocycles. The predicted molar refractivity (Wildman–Crippen MR) is 81.0 cm³/mol. The molecule has 1 saturated heterocycles. The van der Waals surface area contributed by atoms with E-state index in [4.69, 9.17) is 4.74 Å². The Kier molecular flexibility index (Phi) is 7.58. The Hall–Kier alpha value is -0.700. The smallest absolute Gasteiger partial charge is 0.277 e. The van der Waals surface area contributed by atoms with E-state index in [9.17, 15) is 13.2 Å². The molecule has 0 aromatic rings. The summed E-state index contributed by atoms with van der Waals surface area (Å²) < 4.78 is 34.0. The minimum Gasteiger partial charge on any atom is -0.378 e. The number of carbonyl (C=O) groups excluding carboxylic acids is 1. The van der Waals surface area contributed by atoms with Gasteiger partial charge in [-0.2, -0.15) is 13.1 Å². The van der Waals surface area contributed by atoms with Gasteiger partial charge in [0.1, 0.15) is 6.04 Å². The number of nitrogens with one attached hydrogen (secondary N) is 2. The van der Waals surface area contributed by atoms with Gasteiger partial charge >= 0.3 is 0 Å². The second kappa shape index (κ2) is 8.67. The van der Waals surface area contributed by atoms with Crippen LogP contribution in [0.25, 0.3) is 0 Å². The fraction of sp³-hybridized carbons (Fsp3) is 0.923. The number of hydrogen-bond donors (Lipinski definition) is 2. The lowest BCUT2D eigenvalue weighted by molar-refractivity contribution is -0.137. The van der Waals surface area contributed by atoms with E-state index in [1.165, 1.54) is 0 Å². The molecular formula is C13H27N3O4S. The maximum absolute atomic E-state index is 12.5. The van der Waals surface area contributed by atoms with E-state index in [0.29, 0.717) is 45.7 Å². The zero-order valence-electron chi connectivity index (χ0n) is 13.1. The number of rotatable bonds is 8. The third-order valence-electron chi connectivity index (χ3n) is 3.17. The first-order chi connectivity index (χ1) is 9.85. The van der Waals surface area contributed by atoms with Crippen LogP contribution in [0, 0.1) is 5.92 Å². The van der Waals surface area contributed by atoms with Crippen molar-refractivity contribution in [2.24, 2.45) is 5.92 Å². The number of hydrogen-bond acceptors (Lipinski definition) is 4. The van der Waals surface area contributed by atoms with Crippen molar-refractivity contribution in [2.75, 3.05) is 32.8 Å². The van der Waals surface area contributed by atoms with Crippen LogP contribution in [0.15, 0.2) is 0 Å². The summed E-state index contributed by atoms with van der Waals surface area (Å²) in [6, 6.07) is -0.725. The van der Waals surface area contributed by atoms with Crippen molar-refractivity contribution in [3.8, 4) is 0 Å². The van der Waals surface area contributed by atoms with Gasteiger partial charge in [0.2, 0.25) is 5.91 Å². The SMILES string of the molecule is CCCNS(=O)(=O)NC(CC(C)C)C(=O)N1CCOCC1. The van der Waals surface area contributed by atoms with Crippen LogP contribution in [0.4, 0.5) is 0 Å². The summed E-state index contributed by atoms with van der Waals surface area (Å²) >= 11 is 0. The van der Waals surface area contributed by atoms with Crippen molar-refractivity contribution in [3.05, 3.63) is 0 Å². The molecule has 2 N–H and O–H groups in total. The molecule has 7 nitrogen and oxygen atoms in total. The van der Waals surface area contributed by atoms with E-state index < -0.39 is 16.3 Å². The van der Waals surface area contributed by atoms with Gasteiger partial charge in [-0.1, -0.05) is 20.8 Å². The molecular weight excluding hydrogens is 294 g/mol. The van der Waals surface area contributed by atoms with Gasteiger partial charge in [0, 0.05) is 19.6 Å². The molecule has 0 aromatic carbocycles. The monoisotopic (exact) mass is 321 g/mol. The van der Waals surface area contributed by atoms with Gasteiger partial charge in [-0.05, 0) is 18.8 Å². The molecule has 1 aliphatic heterocycles. The molecule has 1 aliphatic rings. The Morgan fingerprint density at radius 2 is 1.90 bits per heavy atom. The average molecular weight is 321 g/mol. The summed E-state index contributed by atoms with van der Waals surface area (Å²) in [5, 5.41) is 0. The van der Waals surface area contributed by atoms with Crippen molar-refractivity contribution < 1.29 is 17.9 Å². The molecule has 0 bridgehead atoms. The second-order valence-corrected chi connectivity index (χ2v) is 7.17. The van der Waals surface area contributed by atoms with Crippen LogP contribution in [-0.4, -0.2) is 58.1 Å². The van der Waals surface area contributed by atoms with E-state index >= 15 is 0 Å². The first kappa shape index (κ1) is 18.3. The molecule has 1 amide bonds. The van der Waals surface area contributed by atoms with E-state index in [1.807, 2.05) is 20.8 Å². The normalized spacial score (nSPS) is 18.0. The summed E-state index contributed by atoms with van der Waals surface area (Å²) in [5.41, 5.74) is 0. The maximum atomic E-state index is 12.5. The standard InChI is InChI=1S/C13H27N3O4S/c1-4-5-14-21(18,19)15-12(10-11(2)3)13(17)16-6-8-20-9-7-16/h11-12,14-15H,4-10H2,1-3H3. The molecule has 1 unspecified atom stereocenters. The van der Waals surface area contributed by atoms with Crippen molar-refractivity contribution in [2.45, 2.75) is 39.7 Å². The highest BCUT2D eigenvalue weighted by Crippen LogP contribution is 2.10. The van der Waals surface area contributed by atoms with Crippen LogP contribution >= 0.6 is 0 Å². The zero-order chi connectivity index (χ0) is 15.9. The van der Waals surface area contributed by atoms with Gasteiger partial charge in [0.05, 0.1) is 13.2 Å². The lowest BCUT2D eigenvalue weighted by Gasteiger charge is -2.31. The molecule has 0 saturated carbocycles. The third-order valence-corrected chi connectivity index (χ3v) is 4.35. The van der Waals surface area contributed by atoms with Crippen molar-refractivity contribution in [1.29, 1.82) is 0 Å². The van der Waals surface area contributed by atoms with Crippen LogP contribution in [0.2, 0.25) is 0 Å². The van der Waals surface area contributed by atoms with Crippen LogP contribution in [0.5, 0.6) is 0 Å². The minimum absolute atomic E-state index is 0.172. The fourth-order valence-electron chi connectivity index (χ4n) is 2.14.